The summed E-state index contributed by atoms with van der Waals surface area (Å²) in [6.45, 7) is 1.59. The second kappa shape index (κ2) is 12.2. The Hall–Kier alpha value is -3.16. The van der Waals surface area contributed by atoms with Crippen molar-refractivity contribution in [2.75, 3.05) is 12.8 Å². The minimum atomic E-state index is -3.57. The van der Waals surface area contributed by atoms with Crippen molar-refractivity contribution < 1.29 is 22.1 Å². The number of ether oxygens (including phenoxy) is 1. The highest BCUT2D eigenvalue weighted by atomic mass is 32.2. The molecule has 7 heteroatoms. The summed E-state index contributed by atoms with van der Waals surface area (Å²) in [7, 11) is -3.57. The van der Waals surface area contributed by atoms with Crippen molar-refractivity contribution in [3.8, 4) is 5.75 Å². The number of hydrogen-bond donors (Lipinski definition) is 1. The molecule has 0 aliphatic heterocycles. The quantitative estimate of drug-likeness (QED) is 0.319. The van der Waals surface area contributed by atoms with Crippen molar-refractivity contribution in [2.45, 2.75) is 26.0 Å². The van der Waals surface area contributed by atoms with Crippen LogP contribution in [0.4, 0.5) is 0 Å². The van der Waals surface area contributed by atoms with Crippen LogP contribution < -0.4 is 9.50 Å². The van der Waals surface area contributed by atoms with Gasteiger partial charge in [0, 0.05) is 13.0 Å². The summed E-state index contributed by atoms with van der Waals surface area (Å²) in [5, 5.41) is 3.43. The smallest absolute Gasteiger partial charge is 0.306 e. The van der Waals surface area contributed by atoms with Crippen LogP contribution in [0.1, 0.15) is 23.1 Å². The van der Waals surface area contributed by atoms with Crippen LogP contribution in [-0.2, 0) is 39.2 Å². The zero-order chi connectivity index (χ0) is 23.5. The lowest BCUT2D eigenvalue weighted by molar-refractivity contribution is -0.146. The average Bonchev–Trinajstić information content (AvgIpc) is 2.79. The lowest BCUT2D eigenvalue weighted by Gasteiger charge is -2.18. The van der Waals surface area contributed by atoms with E-state index in [1.54, 1.807) is 12.1 Å². The fourth-order valence-electron chi connectivity index (χ4n) is 3.45. The van der Waals surface area contributed by atoms with Gasteiger partial charge in [-0.3, -0.25) is 4.79 Å². The van der Waals surface area contributed by atoms with Crippen LogP contribution in [0.15, 0.2) is 84.9 Å². The molecule has 0 fully saturated rings. The molecule has 0 heterocycles. The zero-order valence-electron chi connectivity index (χ0n) is 18.6. The van der Waals surface area contributed by atoms with Crippen molar-refractivity contribution in [1.82, 2.24) is 5.32 Å². The van der Waals surface area contributed by atoms with Gasteiger partial charge in [0.25, 0.3) is 0 Å². The highest BCUT2D eigenvalue weighted by Gasteiger charge is 2.16. The SMILES string of the molecule is CS(=O)(=O)Oc1ccc(CC(CNCc2ccccc2)CC(=O)OCc2ccccc2)cc1. The number of benzene rings is 3. The molecule has 0 saturated carbocycles. The summed E-state index contributed by atoms with van der Waals surface area (Å²) in [5.41, 5.74) is 3.11. The normalized spacial score (nSPS) is 12.2. The van der Waals surface area contributed by atoms with Crippen LogP contribution in [0.3, 0.4) is 0 Å². The molecule has 174 valence electrons. The first-order chi connectivity index (χ1) is 15.9. The molecule has 33 heavy (non-hydrogen) atoms. The van der Waals surface area contributed by atoms with Gasteiger partial charge in [0.2, 0.25) is 0 Å². The molecule has 0 amide bonds. The molecule has 0 bridgehead atoms. The second-order valence-corrected chi connectivity index (χ2v) is 9.54. The highest BCUT2D eigenvalue weighted by molar-refractivity contribution is 7.86. The molecule has 3 aromatic rings. The Morgan fingerprint density at radius 3 is 2.06 bits per heavy atom. The third-order valence-electron chi connectivity index (χ3n) is 5.00. The number of carbonyl (C=O) groups excluding carboxylic acids is 1. The van der Waals surface area contributed by atoms with E-state index < -0.39 is 10.1 Å². The Morgan fingerprint density at radius 2 is 1.45 bits per heavy atom. The van der Waals surface area contributed by atoms with Crippen LogP contribution in [0.2, 0.25) is 0 Å². The summed E-state index contributed by atoms with van der Waals surface area (Å²) in [6, 6.07) is 26.6. The lowest BCUT2D eigenvalue weighted by atomic mass is 9.96. The van der Waals surface area contributed by atoms with E-state index in [-0.39, 0.29) is 30.7 Å². The van der Waals surface area contributed by atoms with Gasteiger partial charge in [0.1, 0.15) is 12.4 Å². The number of nitrogens with one attached hydrogen (secondary N) is 1. The predicted octanol–water partition coefficient (Wildman–Crippen LogP) is 4.11. The molecule has 0 aliphatic carbocycles. The van der Waals surface area contributed by atoms with Gasteiger partial charge in [0.15, 0.2) is 0 Å². The zero-order valence-corrected chi connectivity index (χ0v) is 19.5. The Labute approximate surface area is 195 Å². The van der Waals surface area contributed by atoms with Gasteiger partial charge in [-0.05, 0) is 47.7 Å². The van der Waals surface area contributed by atoms with E-state index in [9.17, 15) is 13.2 Å². The summed E-state index contributed by atoms with van der Waals surface area (Å²) in [5.74, 6) is 0.0309. The maximum Gasteiger partial charge on any atom is 0.306 e. The lowest BCUT2D eigenvalue weighted by Crippen LogP contribution is -2.26. The minimum absolute atomic E-state index is 0.0126. The third kappa shape index (κ3) is 9.47. The summed E-state index contributed by atoms with van der Waals surface area (Å²) in [4.78, 5) is 12.5. The molecule has 1 atom stereocenters. The largest absolute Gasteiger partial charge is 0.461 e. The van der Waals surface area contributed by atoms with Crippen LogP contribution in [0.25, 0.3) is 0 Å². The van der Waals surface area contributed by atoms with Gasteiger partial charge < -0.3 is 14.2 Å². The van der Waals surface area contributed by atoms with Crippen molar-refractivity contribution in [3.63, 3.8) is 0 Å². The summed E-state index contributed by atoms with van der Waals surface area (Å²) in [6.07, 6.45) is 1.92. The molecule has 1 unspecified atom stereocenters. The van der Waals surface area contributed by atoms with E-state index in [0.29, 0.717) is 19.5 Å². The van der Waals surface area contributed by atoms with Gasteiger partial charge >= 0.3 is 16.1 Å². The number of rotatable bonds is 12. The van der Waals surface area contributed by atoms with E-state index >= 15 is 0 Å². The van der Waals surface area contributed by atoms with Gasteiger partial charge in [-0.1, -0.05) is 72.8 Å². The molecule has 0 saturated heterocycles. The van der Waals surface area contributed by atoms with Crippen LogP contribution >= 0.6 is 0 Å². The van der Waals surface area contributed by atoms with E-state index in [1.807, 2.05) is 60.7 Å². The van der Waals surface area contributed by atoms with Crippen LogP contribution in [0, 0.1) is 5.92 Å². The number of esters is 1. The molecule has 3 aromatic carbocycles. The number of carbonyl (C=O) groups is 1. The molecule has 1 N–H and O–H groups in total. The van der Waals surface area contributed by atoms with E-state index in [1.165, 1.54) is 5.56 Å². The maximum absolute atomic E-state index is 12.5. The Balaban J connectivity index is 1.59. The first-order valence-corrected chi connectivity index (χ1v) is 12.6. The molecule has 0 radical (unpaired) electrons. The molecule has 0 spiro atoms. The van der Waals surface area contributed by atoms with Crippen molar-refractivity contribution in [2.24, 2.45) is 5.92 Å². The van der Waals surface area contributed by atoms with Crippen LogP contribution in [0.5, 0.6) is 5.75 Å². The van der Waals surface area contributed by atoms with Gasteiger partial charge in [-0.15, -0.1) is 0 Å². The highest BCUT2D eigenvalue weighted by Crippen LogP contribution is 2.18. The second-order valence-electron chi connectivity index (χ2n) is 7.97. The first-order valence-electron chi connectivity index (χ1n) is 10.8. The molecule has 6 nitrogen and oxygen atoms in total. The summed E-state index contributed by atoms with van der Waals surface area (Å²) >= 11 is 0. The molecule has 0 aliphatic rings. The average molecular weight is 468 g/mol. The number of hydrogen-bond acceptors (Lipinski definition) is 6. The minimum Gasteiger partial charge on any atom is -0.461 e. The van der Waals surface area contributed by atoms with Gasteiger partial charge in [-0.2, -0.15) is 8.42 Å². The van der Waals surface area contributed by atoms with Gasteiger partial charge in [-0.25, -0.2) is 0 Å². The Morgan fingerprint density at radius 1 is 0.848 bits per heavy atom. The summed E-state index contributed by atoms with van der Waals surface area (Å²) < 4.78 is 33.0. The standard InChI is InChI=1S/C26H29NO5S/c1-33(29,30)32-25-14-12-21(13-15-25)16-24(19-27-18-22-8-4-2-5-9-22)17-26(28)31-20-23-10-6-3-7-11-23/h2-15,24,27H,16-20H2,1H3. The predicted molar refractivity (Wildman–Crippen MR) is 128 cm³/mol. The van der Waals surface area contributed by atoms with Crippen molar-refractivity contribution in [3.05, 3.63) is 102 Å². The van der Waals surface area contributed by atoms with E-state index in [0.717, 1.165) is 17.4 Å². The third-order valence-corrected chi connectivity index (χ3v) is 5.49. The Kier molecular flexibility index (Phi) is 9.04. The molecule has 0 aromatic heterocycles. The first kappa shape index (κ1) is 24.5. The fraction of sp³-hybridized carbons (Fsp3) is 0.269. The van der Waals surface area contributed by atoms with Crippen LogP contribution in [-0.4, -0.2) is 27.2 Å². The monoisotopic (exact) mass is 467 g/mol. The van der Waals surface area contributed by atoms with Crippen molar-refractivity contribution >= 4 is 16.1 Å². The fourth-order valence-corrected chi connectivity index (χ4v) is 3.92. The van der Waals surface area contributed by atoms with E-state index in [2.05, 4.69) is 17.4 Å². The molecule has 3 rings (SSSR count). The molecular weight excluding hydrogens is 438 g/mol. The van der Waals surface area contributed by atoms with E-state index in [4.69, 9.17) is 8.92 Å². The van der Waals surface area contributed by atoms with Gasteiger partial charge in [0.05, 0.1) is 6.26 Å². The Bertz CT molecular complexity index is 1100. The molecular formula is C26H29NO5S. The maximum atomic E-state index is 12.5. The topological polar surface area (TPSA) is 81.7 Å². The van der Waals surface area contributed by atoms with Crippen molar-refractivity contribution in [1.29, 1.82) is 0 Å².